The first kappa shape index (κ1) is 18.7. The monoisotopic (exact) mass is 314 g/mol. The highest BCUT2D eigenvalue weighted by Crippen LogP contribution is 2.23. The van der Waals surface area contributed by atoms with E-state index in [1.807, 2.05) is 0 Å². The fraction of sp³-hybridized carbons (Fsp3) is 0.368. The first-order valence-corrected chi connectivity index (χ1v) is 7.83. The molecule has 1 aliphatic carbocycles. The minimum atomic E-state index is -0.113. The zero-order valence-electron chi connectivity index (χ0n) is 13.7. The Morgan fingerprint density at radius 3 is 2.30 bits per heavy atom. The van der Waals surface area contributed by atoms with Gasteiger partial charge in [0.05, 0.1) is 6.04 Å². The van der Waals surface area contributed by atoms with Gasteiger partial charge >= 0.3 is 0 Å². The standard InChI is InChI=1S/C19H26N2O2/c1-5-12-20(18(22)7-3)15-16-10-9-11-17(14-16)21(13-6-2)19(23)8-4/h5-8,14,17H,1-4,9-13,15H2. The molecule has 4 nitrogen and oxygen atoms in total. The lowest BCUT2D eigenvalue weighted by molar-refractivity contribution is -0.127. The molecule has 0 N–H and O–H groups in total. The highest BCUT2D eigenvalue weighted by atomic mass is 16.2. The summed E-state index contributed by atoms with van der Waals surface area (Å²) in [4.78, 5) is 27.4. The van der Waals surface area contributed by atoms with Gasteiger partial charge in [-0.3, -0.25) is 9.59 Å². The maximum Gasteiger partial charge on any atom is 0.246 e. The SMILES string of the molecule is C=CCN(CC1=CC(N(CC=C)C(=O)C=C)CCC1)C(=O)C=C. The Bertz CT molecular complexity index is 519. The first-order chi connectivity index (χ1) is 11.1. The molecular formula is C19H26N2O2. The molecule has 124 valence electrons. The molecule has 0 saturated carbocycles. The van der Waals surface area contributed by atoms with Crippen molar-refractivity contribution in [2.24, 2.45) is 0 Å². The van der Waals surface area contributed by atoms with E-state index in [0.29, 0.717) is 19.6 Å². The molecule has 0 heterocycles. The van der Waals surface area contributed by atoms with Crippen LogP contribution < -0.4 is 0 Å². The van der Waals surface area contributed by atoms with Crippen LogP contribution in [0.25, 0.3) is 0 Å². The van der Waals surface area contributed by atoms with Gasteiger partial charge in [0, 0.05) is 19.6 Å². The van der Waals surface area contributed by atoms with Gasteiger partial charge in [0.2, 0.25) is 11.8 Å². The molecule has 1 aliphatic rings. The molecule has 23 heavy (non-hydrogen) atoms. The number of carbonyl (C=O) groups excluding carboxylic acids is 2. The summed E-state index contributed by atoms with van der Waals surface area (Å²) in [6, 6.07) is 0.0201. The zero-order chi connectivity index (χ0) is 17.2. The van der Waals surface area contributed by atoms with Gasteiger partial charge in [0.1, 0.15) is 0 Å². The molecule has 0 radical (unpaired) electrons. The average molecular weight is 314 g/mol. The number of hydrogen-bond acceptors (Lipinski definition) is 2. The summed E-state index contributed by atoms with van der Waals surface area (Å²) in [5.41, 5.74) is 1.16. The first-order valence-electron chi connectivity index (χ1n) is 7.83. The quantitative estimate of drug-likeness (QED) is 0.485. The third-order valence-electron chi connectivity index (χ3n) is 3.84. The molecule has 2 amide bonds. The van der Waals surface area contributed by atoms with E-state index in [0.717, 1.165) is 24.8 Å². The highest BCUT2D eigenvalue weighted by Gasteiger charge is 2.23. The Balaban J connectivity index is 2.91. The Hall–Kier alpha value is -2.36. The number of amides is 2. The molecule has 0 aromatic rings. The number of rotatable bonds is 9. The maximum absolute atomic E-state index is 12.0. The van der Waals surface area contributed by atoms with Crippen LogP contribution >= 0.6 is 0 Å². The molecule has 1 unspecified atom stereocenters. The van der Waals surface area contributed by atoms with Crippen molar-refractivity contribution in [3.05, 3.63) is 62.3 Å². The molecular weight excluding hydrogens is 288 g/mol. The molecule has 0 aromatic heterocycles. The van der Waals surface area contributed by atoms with E-state index < -0.39 is 0 Å². The van der Waals surface area contributed by atoms with Gasteiger partial charge in [0.15, 0.2) is 0 Å². The lowest BCUT2D eigenvalue weighted by atomic mass is 9.94. The van der Waals surface area contributed by atoms with Crippen LogP contribution in [-0.4, -0.2) is 47.3 Å². The predicted molar refractivity (Wildman–Crippen MR) is 94.8 cm³/mol. The summed E-state index contributed by atoms with van der Waals surface area (Å²) in [6.07, 6.45) is 11.0. The highest BCUT2D eigenvalue weighted by molar-refractivity contribution is 5.88. The maximum atomic E-state index is 12.0. The predicted octanol–water partition coefficient (Wildman–Crippen LogP) is 2.87. The van der Waals surface area contributed by atoms with E-state index in [1.165, 1.54) is 12.2 Å². The van der Waals surface area contributed by atoms with Crippen molar-refractivity contribution >= 4 is 11.8 Å². The van der Waals surface area contributed by atoms with Crippen LogP contribution in [0.5, 0.6) is 0 Å². The second-order valence-electron chi connectivity index (χ2n) is 5.48. The summed E-state index contributed by atoms with van der Waals surface area (Å²) in [7, 11) is 0. The Kier molecular flexibility index (Phi) is 7.81. The van der Waals surface area contributed by atoms with Gasteiger partial charge in [-0.25, -0.2) is 0 Å². The average Bonchev–Trinajstić information content (AvgIpc) is 2.58. The van der Waals surface area contributed by atoms with E-state index >= 15 is 0 Å². The third kappa shape index (κ3) is 5.40. The molecule has 1 rings (SSSR count). The summed E-state index contributed by atoms with van der Waals surface area (Å²) in [5.74, 6) is -0.212. The van der Waals surface area contributed by atoms with Gasteiger partial charge in [-0.1, -0.05) is 37.0 Å². The van der Waals surface area contributed by atoms with E-state index in [9.17, 15) is 9.59 Å². The van der Waals surface area contributed by atoms with Gasteiger partial charge < -0.3 is 9.80 Å². The summed E-state index contributed by atoms with van der Waals surface area (Å²) >= 11 is 0. The van der Waals surface area contributed by atoms with Crippen LogP contribution in [-0.2, 0) is 9.59 Å². The van der Waals surface area contributed by atoms with Crippen molar-refractivity contribution in [1.29, 1.82) is 0 Å². The summed E-state index contributed by atoms with van der Waals surface area (Å²) < 4.78 is 0. The Morgan fingerprint density at radius 1 is 1.09 bits per heavy atom. The second kappa shape index (κ2) is 9.62. The normalized spacial score (nSPS) is 16.7. The fourth-order valence-corrected chi connectivity index (χ4v) is 2.76. The van der Waals surface area contributed by atoms with E-state index in [-0.39, 0.29) is 17.9 Å². The van der Waals surface area contributed by atoms with Crippen molar-refractivity contribution in [2.45, 2.75) is 25.3 Å². The molecule has 0 aliphatic heterocycles. The van der Waals surface area contributed by atoms with Crippen LogP contribution in [0.3, 0.4) is 0 Å². The van der Waals surface area contributed by atoms with Crippen LogP contribution in [0.1, 0.15) is 19.3 Å². The van der Waals surface area contributed by atoms with Gasteiger partial charge in [-0.15, -0.1) is 13.2 Å². The van der Waals surface area contributed by atoms with Crippen molar-refractivity contribution in [3.63, 3.8) is 0 Å². The molecule has 4 heteroatoms. The number of nitrogens with zero attached hydrogens (tertiary/aromatic N) is 2. The molecule has 0 saturated heterocycles. The smallest absolute Gasteiger partial charge is 0.246 e. The van der Waals surface area contributed by atoms with Crippen LogP contribution in [0.15, 0.2) is 62.3 Å². The molecule has 0 spiro atoms. The lowest BCUT2D eigenvalue weighted by Gasteiger charge is -2.33. The number of carbonyl (C=O) groups is 2. The Morgan fingerprint density at radius 2 is 1.74 bits per heavy atom. The van der Waals surface area contributed by atoms with Crippen molar-refractivity contribution in [2.75, 3.05) is 19.6 Å². The van der Waals surface area contributed by atoms with Gasteiger partial charge in [-0.05, 0) is 31.4 Å². The van der Waals surface area contributed by atoms with Gasteiger partial charge in [-0.2, -0.15) is 0 Å². The second-order valence-corrected chi connectivity index (χ2v) is 5.48. The largest absolute Gasteiger partial charge is 0.331 e. The van der Waals surface area contributed by atoms with Crippen molar-refractivity contribution < 1.29 is 9.59 Å². The third-order valence-corrected chi connectivity index (χ3v) is 3.84. The van der Waals surface area contributed by atoms with Crippen LogP contribution in [0.4, 0.5) is 0 Å². The summed E-state index contributed by atoms with van der Waals surface area (Å²) in [5, 5.41) is 0. The van der Waals surface area contributed by atoms with Crippen LogP contribution in [0.2, 0.25) is 0 Å². The number of hydrogen-bond donors (Lipinski definition) is 0. The fourth-order valence-electron chi connectivity index (χ4n) is 2.76. The Labute approximate surface area is 139 Å². The van der Waals surface area contributed by atoms with E-state index in [2.05, 4.69) is 32.4 Å². The zero-order valence-corrected chi connectivity index (χ0v) is 13.7. The topological polar surface area (TPSA) is 40.6 Å². The minimum absolute atomic E-state index is 0.0201. The van der Waals surface area contributed by atoms with E-state index in [4.69, 9.17) is 0 Å². The molecule has 1 atom stereocenters. The molecule has 0 bridgehead atoms. The molecule has 0 aromatic carbocycles. The minimum Gasteiger partial charge on any atom is -0.331 e. The summed E-state index contributed by atoms with van der Waals surface area (Å²) in [6.45, 7) is 16.0. The lowest BCUT2D eigenvalue weighted by Crippen LogP contribution is -2.40. The van der Waals surface area contributed by atoms with Crippen molar-refractivity contribution in [3.8, 4) is 0 Å². The molecule has 0 fully saturated rings. The van der Waals surface area contributed by atoms with Crippen molar-refractivity contribution in [1.82, 2.24) is 9.80 Å². The van der Waals surface area contributed by atoms with E-state index in [1.54, 1.807) is 22.0 Å². The van der Waals surface area contributed by atoms with Crippen LogP contribution in [0, 0.1) is 0 Å². The van der Waals surface area contributed by atoms with Gasteiger partial charge in [0.25, 0.3) is 0 Å².